The number of halogens is 3. The van der Waals surface area contributed by atoms with E-state index in [4.69, 9.17) is 0 Å². The Labute approximate surface area is 186 Å². The summed E-state index contributed by atoms with van der Waals surface area (Å²) in [6.07, 6.45) is 6.51. The minimum atomic E-state index is -1.68. The van der Waals surface area contributed by atoms with Crippen molar-refractivity contribution in [2.75, 3.05) is 25.0 Å². The molecule has 0 atom stereocenters. The van der Waals surface area contributed by atoms with Crippen molar-refractivity contribution in [1.29, 1.82) is 0 Å². The van der Waals surface area contributed by atoms with Crippen molar-refractivity contribution in [3.05, 3.63) is 29.6 Å². The molecule has 7 nitrogen and oxygen atoms in total. The van der Waals surface area contributed by atoms with E-state index in [0.717, 1.165) is 31.7 Å². The molecular formula is C22H31F3N4O3. The fourth-order valence-corrected chi connectivity index (χ4v) is 3.63. The monoisotopic (exact) mass is 456 g/mol. The second-order valence-corrected chi connectivity index (χ2v) is 7.93. The van der Waals surface area contributed by atoms with Crippen molar-refractivity contribution in [2.24, 2.45) is 0 Å². The summed E-state index contributed by atoms with van der Waals surface area (Å²) in [5, 5.41) is 7.83. The van der Waals surface area contributed by atoms with Crippen LogP contribution in [0.2, 0.25) is 0 Å². The quantitative estimate of drug-likeness (QED) is 0.371. The smallest absolute Gasteiger partial charge is 0.315 e. The van der Waals surface area contributed by atoms with Crippen LogP contribution in [-0.2, 0) is 9.59 Å². The Morgan fingerprint density at radius 2 is 1.78 bits per heavy atom. The Kier molecular flexibility index (Phi) is 10.3. The maximum atomic E-state index is 13.7. The molecule has 10 heteroatoms. The Bertz CT molecular complexity index is 801. The van der Waals surface area contributed by atoms with Gasteiger partial charge < -0.3 is 20.9 Å². The van der Waals surface area contributed by atoms with Crippen LogP contribution in [0.5, 0.6) is 0 Å². The van der Waals surface area contributed by atoms with Gasteiger partial charge in [-0.1, -0.05) is 26.2 Å². The third-order valence-corrected chi connectivity index (χ3v) is 5.28. The minimum absolute atomic E-state index is 0.122. The molecule has 0 unspecified atom stereocenters. The number of rotatable bonds is 10. The van der Waals surface area contributed by atoms with Crippen LogP contribution >= 0.6 is 0 Å². The van der Waals surface area contributed by atoms with Crippen LogP contribution in [0, 0.1) is 17.5 Å². The number of hydrogen-bond acceptors (Lipinski definition) is 3. The van der Waals surface area contributed by atoms with Gasteiger partial charge >= 0.3 is 6.03 Å². The van der Waals surface area contributed by atoms with E-state index < -0.39 is 29.0 Å². The highest BCUT2D eigenvalue weighted by Gasteiger charge is 2.20. The van der Waals surface area contributed by atoms with E-state index in [1.54, 1.807) is 0 Å². The largest absolute Gasteiger partial charge is 0.338 e. The van der Waals surface area contributed by atoms with Crippen molar-refractivity contribution in [1.82, 2.24) is 15.5 Å². The topological polar surface area (TPSA) is 90.5 Å². The van der Waals surface area contributed by atoms with Crippen LogP contribution in [0.4, 0.5) is 23.7 Å². The highest BCUT2D eigenvalue weighted by atomic mass is 19.2. The molecule has 1 aliphatic carbocycles. The van der Waals surface area contributed by atoms with Crippen molar-refractivity contribution in [2.45, 2.75) is 64.3 Å². The Hall–Kier alpha value is -2.78. The van der Waals surface area contributed by atoms with E-state index in [0.29, 0.717) is 32.0 Å². The summed E-state index contributed by atoms with van der Waals surface area (Å²) in [5.74, 6) is -5.54. The van der Waals surface area contributed by atoms with Crippen LogP contribution in [0.3, 0.4) is 0 Å². The van der Waals surface area contributed by atoms with Gasteiger partial charge in [-0.3, -0.25) is 9.59 Å². The molecule has 0 bridgehead atoms. The van der Waals surface area contributed by atoms with Gasteiger partial charge in [0.1, 0.15) is 0 Å². The van der Waals surface area contributed by atoms with Gasteiger partial charge in [0.15, 0.2) is 17.5 Å². The zero-order valence-corrected chi connectivity index (χ0v) is 18.3. The van der Waals surface area contributed by atoms with Gasteiger partial charge in [0.05, 0.1) is 12.2 Å². The maximum absolute atomic E-state index is 13.7. The summed E-state index contributed by atoms with van der Waals surface area (Å²) in [6, 6.07) is 1.58. The first kappa shape index (κ1) is 25.5. The van der Waals surface area contributed by atoms with E-state index in [-0.39, 0.29) is 30.9 Å². The van der Waals surface area contributed by atoms with Gasteiger partial charge in [-0.25, -0.2) is 18.0 Å². The highest BCUT2D eigenvalue weighted by Crippen LogP contribution is 2.19. The third kappa shape index (κ3) is 8.05. The van der Waals surface area contributed by atoms with Crippen molar-refractivity contribution in [3.8, 4) is 0 Å². The normalized spacial score (nSPS) is 14.0. The minimum Gasteiger partial charge on any atom is -0.338 e. The van der Waals surface area contributed by atoms with Crippen LogP contribution in [0.1, 0.15) is 58.3 Å². The molecule has 0 radical (unpaired) electrons. The van der Waals surface area contributed by atoms with Crippen LogP contribution < -0.4 is 16.0 Å². The molecule has 4 amide bonds. The number of nitrogens with one attached hydrogen (secondary N) is 3. The zero-order chi connectivity index (χ0) is 23.5. The fraction of sp³-hybridized carbons (Fsp3) is 0.591. The standard InChI is InChI=1S/C22H31F3N4O3/c1-2-13-29(14-18(30)28-17-11-10-16(23)20(24)21(17)25)19(31)9-6-12-26-22(32)27-15-7-4-3-5-8-15/h10-11,15H,2-9,12-14H2,1H3,(H,28,30)(H2,26,27,32). The number of nitrogens with zero attached hydrogens (tertiary/aromatic N) is 1. The van der Waals surface area contributed by atoms with Crippen LogP contribution in [0.25, 0.3) is 0 Å². The van der Waals surface area contributed by atoms with Gasteiger partial charge in [0.2, 0.25) is 11.8 Å². The molecule has 1 aliphatic rings. The molecule has 0 aliphatic heterocycles. The molecule has 0 aromatic heterocycles. The average Bonchev–Trinajstić information content (AvgIpc) is 2.77. The summed E-state index contributed by atoms with van der Waals surface area (Å²) < 4.78 is 40.1. The molecule has 1 fully saturated rings. The van der Waals surface area contributed by atoms with Crippen molar-refractivity contribution >= 4 is 23.5 Å². The third-order valence-electron chi connectivity index (χ3n) is 5.28. The van der Waals surface area contributed by atoms with Crippen molar-refractivity contribution in [3.63, 3.8) is 0 Å². The van der Waals surface area contributed by atoms with E-state index >= 15 is 0 Å². The number of amides is 4. The predicted molar refractivity (Wildman–Crippen MR) is 114 cm³/mol. The second-order valence-electron chi connectivity index (χ2n) is 7.93. The van der Waals surface area contributed by atoms with Crippen LogP contribution in [-0.4, -0.2) is 48.4 Å². The van der Waals surface area contributed by atoms with Gasteiger partial charge in [-0.05, 0) is 37.8 Å². The average molecular weight is 457 g/mol. The zero-order valence-electron chi connectivity index (χ0n) is 18.3. The lowest BCUT2D eigenvalue weighted by molar-refractivity contribution is -0.134. The number of carbonyl (C=O) groups excluding carboxylic acids is 3. The molecule has 3 N–H and O–H groups in total. The molecule has 1 saturated carbocycles. The van der Waals surface area contributed by atoms with Crippen molar-refractivity contribution < 1.29 is 27.6 Å². The Morgan fingerprint density at radius 3 is 2.47 bits per heavy atom. The molecule has 178 valence electrons. The molecule has 1 aromatic carbocycles. The molecule has 0 saturated heterocycles. The molecule has 1 aromatic rings. The molecular weight excluding hydrogens is 425 g/mol. The number of benzene rings is 1. The van der Waals surface area contributed by atoms with Gasteiger partial charge in [0, 0.05) is 25.6 Å². The molecule has 0 heterocycles. The van der Waals surface area contributed by atoms with E-state index in [9.17, 15) is 27.6 Å². The van der Waals surface area contributed by atoms with Gasteiger partial charge in [0.25, 0.3) is 0 Å². The summed E-state index contributed by atoms with van der Waals surface area (Å²) in [7, 11) is 0. The van der Waals surface area contributed by atoms with Crippen LogP contribution in [0.15, 0.2) is 12.1 Å². The first-order valence-corrected chi connectivity index (χ1v) is 11.1. The number of urea groups is 1. The molecule has 0 spiro atoms. The summed E-state index contributed by atoms with van der Waals surface area (Å²) in [5.41, 5.74) is -0.494. The number of hydrogen-bond donors (Lipinski definition) is 3. The lowest BCUT2D eigenvalue weighted by atomic mass is 9.96. The van der Waals surface area contributed by atoms with Gasteiger partial charge in [-0.2, -0.15) is 0 Å². The molecule has 32 heavy (non-hydrogen) atoms. The Morgan fingerprint density at radius 1 is 1.06 bits per heavy atom. The number of carbonyl (C=O) groups is 3. The van der Waals surface area contributed by atoms with E-state index in [1.807, 2.05) is 6.92 Å². The fourth-order valence-electron chi connectivity index (χ4n) is 3.63. The summed E-state index contributed by atoms with van der Waals surface area (Å²) in [4.78, 5) is 37.9. The SMILES string of the molecule is CCCN(CC(=O)Nc1ccc(F)c(F)c1F)C(=O)CCCNC(=O)NC1CCCCC1. The van der Waals surface area contributed by atoms with E-state index in [1.165, 1.54) is 11.3 Å². The maximum Gasteiger partial charge on any atom is 0.315 e. The number of anilines is 1. The Balaban J connectivity index is 1.75. The predicted octanol–water partition coefficient (Wildman–Crippen LogP) is 3.69. The first-order chi connectivity index (χ1) is 15.3. The summed E-state index contributed by atoms with van der Waals surface area (Å²) >= 11 is 0. The molecule has 2 rings (SSSR count). The highest BCUT2D eigenvalue weighted by molar-refractivity contribution is 5.94. The lowest BCUT2D eigenvalue weighted by Crippen LogP contribution is -2.43. The van der Waals surface area contributed by atoms with E-state index in [2.05, 4.69) is 16.0 Å². The second kappa shape index (κ2) is 12.9. The van der Waals surface area contributed by atoms with Gasteiger partial charge in [-0.15, -0.1) is 0 Å². The first-order valence-electron chi connectivity index (χ1n) is 11.1. The summed E-state index contributed by atoms with van der Waals surface area (Å²) in [6.45, 7) is 2.11. The lowest BCUT2D eigenvalue weighted by Gasteiger charge is -2.23.